The molecule has 112 valence electrons. The first-order valence-corrected chi connectivity index (χ1v) is 7.51. The Morgan fingerprint density at radius 3 is 2.19 bits per heavy atom. The maximum absolute atomic E-state index is 13.1. The second-order valence-corrected chi connectivity index (χ2v) is 6.09. The van der Waals surface area contributed by atoms with Gasteiger partial charge in [0.2, 0.25) is 0 Å². The molecule has 0 aromatic heterocycles. The fourth-order valence-corrected chi connectivity index (χ4v) is 2.90. The molecule has 0 aliphatic heterocycles. The van der Waals surface area contributed by atoms with Gasteiger partial charge in [-0.05, 0) is 43.1 Å². The van der Waals surface area contributed by atoms with Crippen LogP contribution in [0.1, 0.15) is 31.4 Å². The number of likely N-dealkylation sites (N-methyl/N-ethyl adjacent to an activating group) is 1. The molecular formula is C19H24FN. The Balaban J connectivity index is 2.10. The lowest BCUT2D eigenvalue weighted by Gasteiger charge is -2.35. The van der Waals surface area contributed by atoms with Crippen molar-refractivity contribution in [2.24, 2.45) is 0 Å². The molecule has 2 heteroatoms. The zero-order valence-electron chi connectivity index (χ0n) is 13.1. The van der Waals surface area contributed by atoms with Gasteiger partial charge in [0.15, 0.2) is 0 Å². The number of hydrogen-bond donors (Lipinski definition) is 1. The van der Waals surface area contributed by atoms with Gasteiger partial charge in [0.05, 0.1) is 0 Å². The topological polar surface area (TPSA) is 12.0 Å². The Hall–Kier alpha value is -1.67. The summed E-state index contributed by atoms with van der Waals surface area (Å²) in [6.45, 7) is 4.43. The molecule has 0 amide bonds. The number of halogens is 1. The Bertz CT molecular complexity index is 546. The molecule has 0 bridgehead atoms. The molecule has 0 saturated carbocycles. The van der Waals surface area contributed by atoms with Gasteiger partial charge in [0.25, 0.3) is 0 Å². The number of nitrogens with one attached hydrogen (secondary N) is 1. The lowest BCUT2D eigenvalue weighted by Crippen LogP contribution is -2.43. The average Bonchev–Trinajstić information content (AvgIpc) is 2.49. The van der Waals surface area contributed by atoms with Crippen molar-refractivity contribution in [3.05, 3.63) is 71.5 Å². The minimum Gasteiger partial charge on any atom is -0.316 e. The summed E-state index contributed by atoms with van der Waals surface area (Å²) < 4.78 is 13.1. The van der Waals surface area contributed by atoms with Crippen LogP contribution < -0.4 is 5.32 Å². The van der Waals surface area contributed by atoms with Gasteiger partial charge in [0.1, 0.15) is 5.82 Å². The van der Waals surface area contributed by atoms with Gasteiger partial charge in [-0.1, -0.05) is 56.3 Å². The van der Waals surface area contributed by atoms with Gasteiger partial charge in [-0.25, -0.2) is 4.39 Å². The van der Waals surface area contributed by atoms with Gasteiger partial charge in [0, 0.05) is 11.5 Å². The molecular weight excluding hydrogens is 261 g/mol. The maximum atomic E-state index is 13.1. The second-order valence-electron chi connectivity index (χ2n) is 6.09. The van der Waals surface area contributed by atoms with Gasteiger partial charge >= 0.3 is 0 Å². The molecule has 0 aliphatic carbocycles. The Kier molecular flexibility index (Phi) is 5.13. The minimum absolute atomic E-state index is 0.0444. The van der Waals surface area contributed by atoms with Crippen molar-refractivity contribution in [1.82, 2.24) is 5.32 Å². The fraction of sp³-hybridized carbons (Fsp3) is 0.368. The molecule has 2 aromatic rings. The first-order chi connectivity index (χ1) is 10.0. The molecule has 21 heavy (non-hydrogen) atoms. The summed E-state index contributed by atoms with van der Waals surface area (Å²) in [6.07, 6.45) is 2.09. The third-order valence-electron chi connectivity index (χ3n) is 4.37. The van der Waals surface area contributed by atoms with Gasteiger partial charge in [-0.15, -0.1) is 0 Å². The van der Waals surface area contributed by atoms with Crippen LogP contribution in [0.4, 0.5) is 4.39 Å². The molecule has 1 atom stereocenters. The van der Waals surface area contributed by atoms with Crippen LogP contribution in [0.2, 0.25) is 0 Å². The molecule has 0 aliphatic rings. The smallest absolute Gasteiger partial charge is 0.123 e. The third kappa shape index (κ3) is 3.92. The van der Waals surface area contributed by atoms with Crippen molar-refractivity contribution < 1.29 is 4.39 Å². The van der Waals surface area contributed by atoms with Crippen LogP contribution >= 0.6 is 0 Å². The van der Waals surface area contributed by atoms with E-state index in [0.29, 0.717) is 6.04 Å². The Morgan fingerprint density at radius 1 is 1.00 bits per heavy atom. The van der Waals surface area contributed by atoms with E-state index in [2.05, 4.69) is 43.4 Å². The Morgan fingerprint density at radius 2 is 1.62 bits per heavy atom. The van der Waals surface area contributed by atoms with E-state index in [1.54, 1.807) is 12.1 Å². The molecule has 1 nitrogen and oxygen atoms in total. The van der Waals surface area contributed by atoms with E-state index in [-0.39, 0.29) is 11.2 Å². The first kappa shape index (κ1) is 15.7. The summed E-state index contributed by atoms with van der Waals surface area (Å²) >= 11 is 0. The highest BCUT2D eigenvalue weighted by Gasteiger charge is 2.29. The van der Waals surface area contributed by atoms with Crippen molar-refractivity contribution in [2.45, 2.75) is 38.1 Å². The standard InChI is InChI=1S/C19H24FN/c1-19(2,16-10-12-17(20)13-11-16)18(21-3)14-9-15-7-5-4-6-8-15/h4-8,10-13,18,21H,9,14H2,1-3H3. The highest BCUT2D eigenvalue weighted by molar-refractivity contribution is 5.27. The van der Waals surface area contributed by atoms with E-state index >= 15 is 0 Å². The zero-order chi connectivity index (χ0) is 15.3. The SMILES string of the molecule is CNC(CCc1ccccc1)C(C)(C)c1ccc(F)cc1. The van der Waals surface area contributed by atoms with Crippen molar-refractivity contribution in [2.75, 3.05) is 7.05 Å². The largest absolute Gasteiger partial charge is 0.316 e. The molecule has 2 aromatic carbocycles. The molecule has 1 N–H and O–H groups in total. The molecule has 2 rings (SSSR count). The third-order valence-corrected chi connectivity index (χ3v) is 4.37. The van der Waals surface area contributed by atoms with E-state index in [9.17, 15) is 4.39 Å². The van der Waals surface area contributed by atoms with Gasteiger partial charge in [-0.2, -0.15) is 0 Å². The van der Waals surface area contributed by atoms with E-state index in [1.165, 1.54) is 5.56 Å². The van der Waals surface area contributed by atoms with Crippen molar-refractivity contribution in [1.29, 1.82) is 0 Å². The number of rotatable bonds is 6. The monoisotopic (exact) mass is 285 g/mol. The summed E-state index contributed by atoms with van der Waals surface area (Å²) in [5, 5.41) is 3.43. The van der Waals surface area contributed by atoms with Crippen LogP contribution in [0.3, 0.4) is 0 Å². The van der Waals surface area contributed by atoms with Crippen LogP contribution in [0.25, 0.3) is 0 Å². The van der Waals surface area contributed by atoms with Crippen molar-refractivity contribution >= 4 is 0 Å². The Labute approximate surface area is 127 Å². The normalized spacial score (nSPS) is 13.1. The first-order valence-electron chi connectivity index (χ1n) is 7.51. The zero-order valence-corrected chi connectivity index (χ0v) is 13.1. The summed E-state index contributed by atoms with van der Waals surface area (Å²) in [5.74, 6) is -0.181. The predicted octanol–water partition coefficient (Wildman–Crippen LogP) is 4.32. The van der Waals surface area contributed by atoms with E-state index < -0.39 is 0 Å². The van der Waals surface area contributed by atoms with Crippen LogP contribution in [0.5, 0.6) is 0 Å². The van der Waals surface area contributed by atoms with Crippen LogP contribution in [0.15, 0.2) is 54.6 Å². The molecule has 0 radical (unpaired) electrons. The molecule has 1 unspecified atom stereocenters. The fourth-order valence-electron chi connectivity index (χ4n) is 2.90. The van der Waals surface area contributed by atoms with Crippen LogP contribution in [-0.4, -0.2) is 13.1 Å². The molecule has 0 spiro atoms. The van der Waals surface area contributed by atoms with Crippen molar-refractivity contribution in [3.63, 3.8) is 0 Å². The average molecular weight is 285 g/mol. The highest BCUT2D eigenvalue weighted by Crippen LogP contribution is 2.29. The highest BCUT2D eigenvalue weighted by atomic mass is 19.1. The van der Waals surface area contributed by atoms with Crippen LogP contribution in [-0.2, 0) is 11.8 Å². The number of hydrogen-bond acceptors (Lipinski definition) is 1. The minimum atomic E-state index is -0.181. The van der Waals surface area contributed by atoms with E-state index in [1.807, 2.05) is 25.2 Å². The molecule has 0 fully saturated rings. The molecule has 0 heterocycles. The van der Waals surface area contributed by atoms with Crippen LogP contribution in [0, 0.1) is 5.82 Å². The number of aryl methyl sites for hydroxylation is 1. The maximum Gasteiger partial charge on any atom is 0.123 e. The summed E-state index contributed by atoms with van der Waals surface area (Å²) in [7, 11) is 2.00. The van der Waals surface area contributed by atoms with Crippen molar-refractivity contribution in [3.8, 4) is 0 Å². The lowest BCUT2D eigenvalue weighted by molar-refractivity contribution is 0.340. The summed E-state index contributed by atoms with van der Waals surface area (Å²) in [5.41, 5.74) is 2.47. The summed E-state index contributed by atoms with van der Waals surface area (Å²) in [4.78, 5) is 0. The van der Waals surface area contributed by atoms with Gasteiger partial charge in [-0.3, -0.25) is 0 Å². The second kappa shape index (κ2) is 6.86. The van der Waals surface area contributed by atoms with Gasteiger partial charge < -0.3 is 5.32 Å². The quantitative estimate of drug-likeness (QED) is 0.833. The van der Waals surface area contributed by atoms with E-state index in [0.717, 1.165) is 18.4 Å². The van der Waals surface area contributed by atoms with E-state index in [4.69, 9.17) is 0 Å². The summed E-state index contributed by atoms with van der Waals surface area (Å²) in [6, 6.07) is 17.7. The number of benzene rings is 2. The lowest BCUT2D eigenvalue weighted by atomic mass is 9.75. The predicted molar refractivity (Wildman–Crippen MR) is 87.0 cm³/mol. The molecule has 0 saturated heterocycles.